The molecule has 2 aromatic heterocycles. The van der Waals surface area contributed by atoms with Gasteiger partial charge in [-0.2, -0.15) is 4.31 Å². The van der Waals surface area contributed by atoms with Crippen LogP contribution in [0.1, 0.15) is 0 Å². The van der Waals surface area contributed by atoms with Crippen LogP contribution in [0.3, 0.4) is 0 Å². The molecular formula is C18H19Cl2N5O4S. The lowest BCUT2D eigenvalue weighted by Gasteiger charge is -2.24. The van der Waals surface area contributed by atoms with E-state index < -0.39 is 22.5 Å². The van der Waals surface area contributed by atoms with Gasteiger partial charge in [0.2, 0.25) is 10.0 Å². The Labute approximate surface area is 183 Å². The Kier molecular flexibility index (Phi) is 6.51. The van der Waals surface area contributed by atoms with Crippen LogP contribution in [0, 0.1) is 0 Å². The average molecular weight is 472 g/mol. The van der Waals surface area contributed by atoms with Crippen molar-refractivity contribution in [1.29, 1.82) is 0 Å². The van der Waals surface area contributed by atoms with Crippen molar-refractivity contribution in [2.75, 3.05) is 37.8 Å². The second kappa shape index (κ2) is 8.76. The van der Waals surface area contributed by atoms with E-state index in [1.54, 1.807) is 41.3 Å². The largest absolute Gasteiger partial charge is 0.480 e. The van der Waals surface area contributed by atoms with Crippen LogP contribution >= 0.6 is 23.2 Å². The van der Waals surface area contributed by atoms with Crippen molar-refractivity contribution in [3.05, 3.63) is 47.0 Å². The van der Waals surface area contributed by atoms with E-state index >= 15 is 0 Å². The van der Waals surface area contributed by atoms with Gasteiger partial charge in [-0.05, 0) is 12.1 Å². The number of imidazole rings is 1. The van der Waals surface area contributed by atoms with Crippen molar-refractivity contribution in [2.45, 2.75) is 0 Å². The maximum Gasteiger partial charge on any atom is 0.318 e. The molecule has 2 heterocycles. The predicted molar refractivity (Wildman–Crippen MR) is 116 cm³/mol. The fourth-order valence-electron chi connectivity index (χ4n) is 2.90. The van der Waals surface area contributed by atoms with Gasteiger partial charge in [-0.3, -0.25) is 4.79 Å². The van der Waals surface area contributed by atoms with Crippen LogP contribution in [-0.2, 0) is 14.8 Å². The van der Waals surface area contributed by atoms with Crippen LogP contribution in [0.2, 0.25) is 10.0 Å². The molecule has 1 N–H and O–H groups in total. The normalized spacial score (nSPS) is 11.9. The first-order valence-electron chi connectivity index (χ1n) is 8.73. The van der Waals surface area contributed by atoms with Crippen LogP contribution in [0.5, 0.6) is 0 Å². The second-order valence-corrected chi connectivity index (χ2v) is 9.41. The molecule has 0 aliphatic carbocycles. The zero-order valence-electron chi connectivity index (χ0n) is 16.2. The van der Waals surface area contributed by atoms with E-state index in [1.807, 2.05) is 12.1 Å². The van der Waals surface area contributed by atoms with E-state index in [0.717, 1.165) is 21.6 Å². The molecule has 0 saturated carbocycles. The number of sulfonamides is 1. The third kappa shape index (κ3) is 4.84. The number of carboxylic acid groups (broad SMARTS) is 1. The number of halogens is 2. The number of hydrogen-bond acceptors (Lipinski definition) is 6. The number of nitrogens with zero attached hydrogens (tertiary/aromatic N) is 5. The molecule has 9 nitrogen and oxygen atoms in total. The molecule has 0 aliphatic rings. The van der Waals surface area contributed by atoms with Gasteiger partial charge in [0.15, 0.2) is 0 Å². The Hall–Kier alpha value is -2.40. The number of benzene rings is 1. The lowest BCUT2D eigenvalue weighted by atomic mass is 10.1. The maximum atomic E-state index is 11.9. The van der Waals surface area contributed by atoms with E-state index in [4.69, 9.17) is 28.3 Å². The zero-order valence-corrected chi connectivity index (χ0v) is 18.5. The van der Waals surface area contributed by atoms with Crippen molar-refractivity contribution in [1.82, 2.24) is 18.8 Å². The highest BCUT2D eigenvalue weighted by atomic mass is 35.5. The van der Waals surface area contributed by atoms with Crippen molar-refractivity contribution in [3.63, 3.8) is 0 Å². The third-order valence-electron chi connectivity index (χ3n) is 4.48. The Bertz CT molecular complexity index is 1190. The molecule has 0 aliphatic heterocycles. The van der Waals surface area contributed by atoms with Gasteiger partial charge in [-0.25, -0.2) is 18.4 Å². The number of likely N-dealkylation sites (N-methyl/N-ethyl adjacent to an activating group) is 1. The van der Waals surface area contributed by atoms with Crippen LogP contribution < -0.4 is 4.90 Å². The molecule has 0 radical (unpaired) electrons. The maximum absolute atomic E-state index is 11.9. The minimum absolute atomic E-state index is 0.0228. The number of aromatic nitrogens is 3. The van der Waals surface area contributed by atoms with Crippen LogP contribution in [-0.4, -0.2) is 71.3 Å². The number of aliphatic carboxylic acids is 1. The first-order chi connectivity index (χ1) is 14.1. The summed E-state index contributed by atoms with van der Waals surface area (Å²) in [5.74, 6) is -0.713. The molecule has 3 rings (SSSR count). The monoisotopic (exact) mass is 471 g/mol. The number of fused-ring (bicyclic) bond motifs is 1. The molecule has 0 fully saturated rings. The molecule has 0 spiro atoms. The lowest BCUT2D eigenvalue weighted by molar-refractivity contribution is -0.137. The van der Waals surface area contributed by atoms with E-state index in [1.165, 1.54) is 0 Å². The number of anilines is 1. The van der Waals surface area contributed by atoms with Gasteiger partial charge >= 0.3 is 5.97 Å². The van der Waals surface area contributed by atoms with Gasteiger partial charge in [0.05, 0.1) is 33.8 Å². The number of hydrogen-bond donors (Lipinski definition) is 1. The average Bonchev–Trinajstić information content (AvgIpc) is 3.20. The summed E-state index contributed by atoms with van der Waals surface area (Å²) in [6, 6.07) is 5.32. The van der Waals surface area contributed by atoms with Gasteiger partial charge in [-0.15, -0.1) is 0 Å². The number of carboxylic acids is 1. The summed E-state index contributed by atoms with van der Waals surface area (Å²) in [4.78, 5) is 21.4. The standard InChI is InChI=1S/C18H19Cl2N5O4S/c1-23(7-8-25(10-16(26)27)30(2,28)29)15-9-14(24-6-5-21-11-24)12-3-4-13(19)17(20)18(12)22-15/h3-6,9,11H,7-8,10H2,1-2H3,(H,26,27). The Morgan fingerprint density at radius 3 is 2.60 bits per heavy atom. The summed E-state index contributed by atoms with van der Waals surface area (Å²) in [5, 5.41) is 10.4. The Morgan fingerprint density at radius 2 is 2.00 bits per heavy atom. The molecule has 12 heteroatoms. The van der Waals surface area contributed by atoms with Crippen molar-refractivity contribution in [2.24, 2.45) is 0 Å². The number of carbonyl (C=O) groups is 1. The summed E-state index contributed by atoms with van der Waals surface area (Å²) >= 11 is 12.6. The van der Waals surface area contributed by atoms with Crippen LogP contribution in [0.4, 0.5) is 5.82 Å². The van der Waals surface area contributed by atoms with E-state index in [2.05, 4.69) is 9.97 Å². The highest BCUT2D eigenvalue weighted by Crippen LogP contribution is 2.34. The van der Waals surface area contributed by atoms with Crippen LogP contribution in [0.25, 0.3) is 16.6 Å². The van der Waals surface area contributed by atoms with Gasteiger partial charge in [0.25, 0.3) is 0 Å². The SMILES string of the molecule is CN(CCN(CC(=O)O)S(C)(=O)=O)c1cc(-n2ccnc2)c2ccc(Cl)c(Cl)c2n1. The van der Waals surface area contributed by atoms with Gasteiger partial charge < -0.3 is 14.6 Å². The Morgan fingerprint density at radius 1 is 1.27 bits per heavy atom. The summed E-state index contributed by atoms with van der Waals surface area (Å²) in [7, 11) is -1.95. The molecule has 160 valence electrons. The third-order valence-corrected chi connectivity index (χ3v) is 6.52. The van der Waals surface area contributed by atoms with Gasteiger partial charge in [0.1, 0.15) is 12.4 Å². The molecule has 0 amide bonds. The molecule has 0 bridgehead atoms. The van der Waals surface area contributed by atoms with Crippen molar-refractivity contribution in [3.8, 4) is 5.69 Å². The molecular weight excluding hydrogens is 453 g/mol. The minimum Gasteiger partial charge on any atom is -0.480 e. The second-order valence-electron chi connectivity index (χ2n) is 6.64. The molecule has 30 heavy (non-hydrogen) atoms. The zero-order chi connectivity index (χ0) is 22.1. The fourth-order valence-corrected chi connectivity index (χ4v) is 4.02. The minimum atomic E-state index is -3.67. The first-order valence-corrected chi connectivity index (χ1v) is 11.3. The highest BCUT2D eigenvalue weighted by molar-refractivity contribution is 7.88. The van der Waals surface area contributed by atoms with E-state index in [-0.39, 0.29) is 13.1 Å². The summed E-state index contributed by atoms with van der Waals surface area (Å²) in [6.07, 6.45) is 6.03. The number of rotatable bonds is 8. The summed E-state index contributed by atoms with van der Waals surface area (Å²) in [6.45, 7) is -0.426. The Balaban J connectivity index is 1.99. The van der Waals surface area contributed by atoms with Crippen molar-refractivity contribution >= 4 is 55.9 Å². The van der Waals surface area contributed by atoms with E-state index in [0.29, 0.717) is 21.4 Å². The summed E-state index contributed by atoms with van der Waals surface area (Å²) < 4.78 is 26.4. The highest BCUT2D eigenvalue weighted by Gasteiger charge is 2.21. The molecule has 0 saturated heterocycles. The first kappa shape index (κ1) is 22.3. The van der Waals surface area contributed by atoms with Gasteiger partial charge in [-0.1, -0.05) is 23.2 Å². The molecule has 1 aromatic carbocycles. The van der Waals surface area contributed by atoms with E-state index in [9.17, 15) is 13.2 Å². The lowest BCUT2D eigenvalue weighted by Crippen LogP contribution is -2.40. The van der Waals surface area contributed by atoms with Gasteiger partial charge in [0, 0.05) is 44.0 Å². The molecule has 0 atom stereocenters. The summed E-state index contributed by atoms with van der Waals surface area (Å²) in [5.41, 5.74) is 1.26. The quantitative estimate of drug-likeness (QED) is 0.537. The molecule has 0 unspecified atom stereocenters. The predicted octanol–water partition coefficient (Wildman–Crippen LogP) is 2.51. The fraction of sp³-hybridized carbons (Fsp3) is 0.278. The van der Waals surface area contributed by atoms with Crippen molar-refractivity contribution < 1.29 is 18.3 Å². The topological polar surface area (TPSA) is 109 Å². The van der Waals surface area contributed by atoms with Crippen LogP contribution in [0.15, 0.2) is 36.9 Å². The number of pyridine rings is 1. The smallest absolute Gasteiger partial charge is 0.318 e. The molecule has 3 aromatic rings.